The second-order valence-corrected chi connectivity index (χ2v) is 9.49. The van der Waals surface area contributed by atoms with Crippen molar-refractivity contribution in [3.05, 3.63) is 129 Å². The largest absolute Gasteiger partial charge is 0.482 e. The molecule has 0 saturated carbocycles. The van der Waals surface area contributed by atoms with Gasteiger partial charge in [-0.3, -0.25) is 19.7 Å². The lowest BCUT2D eigenvalue weighted by Gasteiger charge is -2.18. The number of hydrogen-bond donors (Lipinski definition) is 1. The van der Waals surface area contributed by atoms with Crippen LogP contribution in [0.2, 0.25) is 0 Å². The SMILES string of the molecule is CC(=O)COc1ccc(C#Cc2cccc(F)c2)cc1[N+](=O)[O-].O=C1COc2ccc(CCc3cccc(F)c3)cc2N1. The fraction of sp³-hybridized carbons (Fsp3) is 0.152. The second kappa shape index (κ2) is 14.4. The number of carbonyl (C=O) groups excluding carboxylic acids is 2. The van der Waals surface area contributed by atoms with Gasteiger partial charge in [0.1, 0.15) is 24.0 Å². The number of amides is 1. The van der Waals surface area contributed by atoms with Crippen LogP contribution >= 0.6 is 0 Å². The van der Waals surface area contributed by atoms with Gasteiger partial charge in [-0.1, -0.05) is 36.1 Å². The van der Waals surface area contributed by atoms with Crippen molar-refractivity contribution < 1.29 is 32.8 Å². The number of halogens is 2. The zero-order valence-electron chi connectivity index (χ0n) is 23.1. The molecule has 8 nitrogen and oxygen atoms in total. The number of nitro groups is 1. The molecular weight excluding hydrogens is 558 g/mol. The van der Waals surface area contributed by atoms with E-state index in [1.165, 1.54) is 49.4 Å². The molecule has 10 heteroatoms. The Bertz CT molecular complexity index is 1730. The van der Waals surface area contributed by atoms with Crippen molar-refractivity contribution in [1.29, 1.82) is 0 Å². The number of nitro benzene ring substituents is 1. The summed E-state index contributed by atoms with van der Waals surface area (Å²) in [5.74, 6) is 5.16. The van der Waals surface area contributed by atoms with E-state index in [9.17, 15) is 28.5 Å². The van der Waals surface area contributed by atoms with Gasteiger partial charge in [0.15, 0.2) is 18.1 Å². The number of benzene rings is 4. The van der Waals surface area contributed by atoms with Crippen molar-refractivity contribution in [3.8, 4) is 23.3 Å². The van der Waals surface area contributed by atoms with Crippen molar-refractivity contribution in [3.63, 3.8) is 0 Å². The zero-order chi connectivity index (χ0) is 30.8. The molecular formula is C33H26F2N2O6. The lowest BCUT2D eigenvalue weighted by Crippen LogP contribution is -2.25. The Morgan fingerprint density at radius 2 is 1.60 bits per heavy atom. The van der Waals surface area contributed by atoms with E-state index < -0.39 is 10.7 Å². The highest BCUT2D eigenvalue weighted by Crippen LogP contribution is 2.29. The Morgan fingerprint density at radius 1 is 0.930 bits per heavy atom. The number of aryl methyl sites for hydroxylation is 2. The standard InChI is InChI=1S/C17H12FNO4.C16H14FNO2/c1-12(20)11-23-17-8-7-14(10-16(17)19(21)22)6-5-13-3-2-4-15(18)9-13;17-13-3-1-2-11(8-13)4-5-12-6-7-15-14(9-12)18-16(19)10-20-15/h2-4,7-10H,11H2,1H3;1-3,6-9H,4-5,10H2,(H,18,19). The van der Waals surface area contributed by atoms with Gasteiger partial charge in [-0.05, 0) is 85.5 Å². The molecule has 218 valence electrons. The molecule has 1 N–H and O–H groups in total. The molecule has 0 radical (unpaired) electrons. The summed E-state index contributed by atoms with van der Waals surface area (Å²) in [5, 5.41) is 13.9. The molecule has 1 aliphatic rings. The number of ketones is 1. The predicted molar refractivity (Wildman–Crippen MR) is 156 cm³/mol. The highest BCUT2D eigenvalue weighted by molar-refractivity contribution is 5.95. The van der Waals surface area contributed by atoms with E-state index in [1.54, 1.807) is 18.2 Å². The molecule has 0 atom stereocenters. The Balaban J connectivity index is 0.000000198. The number of rotatable bonds is 7. The van der Waals surface area contributed by atoms with Crippen LogP contribution in [-0.4, -0.2) is 29.8 Å². The number of fused-ring (bicyclic) bond motifs is 1. The molecule has 4 aromatic rings. The first-order chi connectivity index (χ1) is 20.7. The molecule has 43 heavy (non-hydrogen) atoms. The smallest absolute Gasteiger partial charge is 0.312 e. The van der Waals surface area contributed by atoms with Crippen LogP contribution in [0, 0.1) is 33.6 Å². The van der Waals surface area contributed by atoms with Gasteiger partial charge >= 0.3 is 5.69 Å². The minimum Gasteiger partial charge on any atom is -0.482 e. The van der Waals surface area contributed by atoms with Crippen LogP contribution in [0.4, 0.5) is 20.2 Å². The van der Waals surface area contributed by atoms with Crippen molar-refractivity contribution >= 4 is 23.1 Å². The summed E-state index contributed by atoms with van der Waals surface area (Å²) in [6, 6.07) is 22.2. The average molecular weight is 585 g/mol. The normalized spacial score (nSPS) is 11.4. The van der Waals surface area contributed by atoms with Crippen LogP contribution < -0.4 is 14.8 Å². The maximum absolute atomic E-state index is 13.1. The summed E-state index contributed by atoms with van der Waals surface area (Å²) >= 11 is 0. The van der Waals surface area contributed by atoms with Crippen molar-refractivity contribution in [2.75, 3.05) is 18.5 Å². The number of nitrogens with one attached hydrogen (secondary N) is 1. The summed E-state index contributed by atoms with van der Waals surface area (Å²) in [6.07, 6.45) is 1.54. The van der Waals surface area contributed by atoms with Crippen LogP contribution in [0.5, 0.6) is 11.5 Å². The fourth-order valence-corrected chi connectivity index (χ4v) is 4.02. The molecule has 5 rings (SSSR count). The lowest BCUT2D eigenvalue weighted by molar-refractivity contribution is -0.385. The first-order valence-corrected chi connectivity index (χ1v) is 13.1. The van der Waals surface area contributed by atoms with E-state index >= 15 is 0 Å². The van der Waals surface area contributed by atoms with E-state index in [1.807, 2.05) is 24.3 Å². The predicted octanol–water partition coefficient (Wildman–Crippen LogP) is 6.04. The summed E-state index contributed by atoms with van der Waals surface area (Å²) < 4.78 is 36.6. The van der Waals surface area contributed by atoms with Gasteiger partial charge in [0, 0.05) is 17.2 Å². The van der Waals surface area contributed by atoms with E-state index in [4.69, 9.17) is 9.47 Å². The quantitative estimate of drug-likeness (QED) is 0.161. The number of Topliss-reactive ketones (excluding diaryl/α,β-unsaturated/α-hetero) is 1. The van der Waals surface area contributed by atoms with Crippen molar-refractivity contribution in [2.24, 2.45) is 0 Å². The summed E-state index contributed by atoms with van der Waals surface area (Å²) in [7, 11) is 0. The first kappa shape index (κ1) is 30.4. The first-order valence-electron chi connectivity index (χ1n) is 13.1. The van der Waals surface area contributed by atoms with Crippen molar-refractivity contribution in [1.82, 2.24) is 0 Å². The topological polar surface area (TPSA) is 108 Å². The number of anilines is 1. The van der Waals surface area contributed by atoms with Crippen LogP contribution in [0.1, 0.15) is 29.2 Å². The molecule has 0 unspecified atom stereocenters. The van der Waals surface area contributed by atoms with Gasteiger partial charge in [-0.15, -0.1) is 0 Å². The summed E-state index contributed by atoms with van der Waals surface area (Å²) in [6.45, 7) is 1.15. The summed E-state index contributed by atoms with van der Waals surface area (Å²) in [5.41, 5.74) is 3.32. The van der Waals surface area contributed by atoms with E-state index in [0.29, 0.717) is 22.6 Å². The number of ether oxygens (including phenoxy) is 2. The molecule has 1 heterocycles. The Kier molecular flexibility index (Phi) is 10.2. The van der Waals surface area contributed by atoms with E-state index in [2.05, 4.69) is 17.2 Å². The fourth-order valence-electron chi connectivity index (χ4n) is 4.02. The van der Waals surface area contributed by atoms with Crippen molar-refractivity contribution in [2.45, 2.75) is 19.8 Å². The van der Waals surface area contributed by atoms with Crippen LogP contribution in [0.15, 0.2) is 84.9 Å². The molecule has 0 fully saturated rings. The van der Waals surface area contributed by atoms with Gasteiger partial charge in [0.05, 0.1) is 10.6 Å². The summed E-state index contributed by atoms with van der Waals surface area (Å²) in [4.78, 5) is 32.7. The molecule has 4 aromatic carbocycles. The molecule has 1 amide bonds. The molecule has 0 aliphatic carbocycles. The molecule has 0 bridgehead atoms. The third kappa shape index (κ3) is 9.23. The number of nitrogens with zero attached hydrogens (tertiary/aromatic N) is 1. The second-order valence-electron chi connectivity index (χ2n) is 9.49. The third-order valence-corrected chi connectivity index (χ3v) is 6.03. The average Bonchev–Trinajstić information content (AvgIpc) is 2.98. The molecule has 0 spiro atoms. The van der Waals surface area contributed by atoms with Gasteiger partial charge in [0.25, 0.3) is 5.91 Å². The molecule has 1 aliphatic heterocycles. The molecule has 0 saturated heterocycles. The zero-order valence-corrected chi connectivity index (χ0v) is 23.1. The Labute approximate surface area is 246 Å². The monoisotopic (exact) mass is 584 g/mol. The highest BCUT2D eigenvalue weighted by Gasteiger charge is 2.17. The highest BCUT2D eigenvalue weighted by atomic mass is 19.1. The van der Waals surface area contributed by atoms with Crippen LogP contribution in [0.25, 0.3) is 0 Å². The lowest BCUT2D eigenvalue weighted by atomic mass is 10.0. The maximum Gasteiger partial charge on any atom is 0.312 e. The number of carbonyl (C=O) groups is 2. The van der Waals surface area contributed by atoms with E-state index in [-0.39, 0.29) is 42.2 Å². The van der Waals surface area contributed by atoms with Crippen LogP contribution in [-0.2, 0) is 22.4 Å². The maximum atomic E-state index is 13.1. The van der Waals surface area contributed by atoms with Gasteiger partial charge in [0.2, 0.25) is 0 Å². The Morgan fingerprint density at radius 3 is 2.28 bits per heavy atom. The third-order valence-electron chi connectivity index (χ3n) is 6.03. The molecule has 0 aromatic heterocycles. The number of hydrogen-bond acceptors (Lipinski definition) is 6. The van der Waals surface area contributed by atoms with Gasteiger partial charge in [-0.25, -0.2) is 8.78 Å². The minimum absolute atomic E-state index is 0.00139. The van der Waals surface area contributed by atoms with Gasteiger partial charge in [-0.2, -0.15) is 0 Å². The van der Waals surface area contributed by atoms with E-state index in [0.717, 1.165) is 24.0 Å². The van der Waals surface area contributed by atoms with Gasteiger partial charge < -0.3 is 14.8 Å². The minimum atomic E-state index is -0.608. The van der Waals surface area contributed by atoms with Crippen LogP contribution in [0.3, 0.4) is 0 Å². The Hall–Kier alpha value is -5.56.